The number of pyridine rings is 1. The molecule has 1 N–H and O–H groups in total. The first-order valence-corrected chi connectivity index (χ1v) is 6.55. The summed E-state index contributed by atoms with van der Waals surface area (Å²) in [6.45, 7) is 3.82. The summed E-state index contributed by atoms with van der Waals surface area (Å²) >= 11 is 0. The first kappa shape index (κ1) is 15.0. The molecule has 2 aromatic rings. The maximum absolute atomic E-state index is 13.1. The number of carbonyl (C=O) groups excluding carboxylic acids is 1. The van der Waals surface area contributed by atoms with Crippen LogP contribution in [-0.2, 0) is 4.74 Å². The van der Waals surface area contributed by atoms with Crippen LogP contribution in [0.1, 0.15) is 35.7 Å². The fourth-order valence-electron chi connectivity index (χ4n) is 2.21. The van der Waals surface area contributed by atoms with E-state index in [-0.39, 0.29) is 17.0 Å². The molecule has 0 aliphatic rings. The summed E-state index contributed by atoms with van der Waals surface area (Å²) in [6, 6.07) is 5.43. The third-order valence-corrected chi connectivity index (χ3v) is 3.27. The molecule has 21 heavy (non-hydrogen) atoms. The van der Waals surface area contributed by atoms with Crippen LogP contribution in [-0.4, -0.2) is 18.1 Å². The molecule has 4 nitrogen and oxygen atoms in total. The van der Waals surface area contributed by atoms with Crippen LogP contribution in [0.3, 0.4) is 0 Å². The Morgan fingerprint density at radius 1 is 1.24 bits per heavy atom. The van der Waals surface area contributed by atoms with Gasteiger partial charge in [-0.05, 0) is 29.2 Å². The second-order valence-corrected chi connectivity index (χ2v) is 4.98. The van der Waals surface area contributed by atoms with E-state index in [0.29, 0.717) is 11.1 Å². The van der Waals surface area contributed by atoms with Crippen molar-refractivity contribution < 1.29 is 13.9 Å². The Bertz CT molecular complexity index is 717. The molecule has 2 rings (SSSR count). The molecule has 0 spiro atoms. The van der Waals surface area contributed by atoms with Crippen LogP contribution < -0.4 is 5.56 Å². The van der Waals surface area contributed by atoms with Gasteiger partial charge in [0.05, 0.1) is 18.2 Å². The number of H-pyrrole nitrogens is 1. The Labute approximate surface area is 121 Å². The van der Waals surface area contributed by atoms with Crippen LogP contribution in [0.4, 0.5) is 4.39 Å². The molecule has 0 fully saturated rings. The van der Waals surface area contributed by atoms with Crippen molar-refractivity contribution in [1.82, 2.24) is 4.98 Å². The van der Waals surface area contributed by atoms with E-state index < -0.39 is 17.3 Å². The standard InChI is InChI=1S/C16H16FNO3/c1-9(2)12-8-18-15(19)13(14(12)16(20)21-3)10-4-6-11(17)7-5-10/h4-9H,1-3H3,(H,18,19). The van der Waals surface area contributed by atoms with Gasteiger partial charge in [-0.1, -0.05) is 26.0 Å². The molecular formula is C16H16FNO3. The van der Waals surface area contributed by atoms with E-state index >= 15 is 0 Å². The summed E-state index contributed by atoms with van der Waals surface area (Å²) in [4.78, 5) is 26.9. The van der Waals surface area contributed by atoms with Gasteiger partial charge in [0.15, 0.2) is 0 Å². The zero-order valence-corrected chi connectivity index (χ0v) is 12.1. The fraction of sp³-hybridized carbons (Fsp3) is 0.250. The lowest BCUT2D eigenvalue weighted by Gasteiger charge is -2.14. The Kier molecular flexibility index (Phi) is 4.21. The highest BCUT2D eigenvalue weighted by atomic mass is 19.1. The summed E-state index contributed by atoms with van der Waals surface area (Å²) < 4.78 is 17.9. The second kappa shape index (κ2) is 5.91. The average molecular weight is 289 g/mol. The van der Waals surface area contributed by atoms with Crippen LogP contribution in [0.25, 0.3) is 11.1 Å². The van der Waals surface area contributed by atoms with Gasteiger partial charge in [0, 0.05) is 6.20 Å². The normalized spacial score (nSPS) is 10.7. The predicted octanol–water partition coefficient (Wildman–Crippen LogP) is 3.09. The van der Waals surface area contributed by atoms with Gasteiger partial charge in [-0.2, -0.15) is 0 Å². The van der Waals surface area contributed by atoms with Gasteiger partial charge in [-0.3, -0.25) is 4.79 Å². The van der Waals surface area contributed by atoms with Crippen molar-refractivity contribution in [2.24, 2.45) is 0 Å². The molecule has 1 aromatic carbocycles. The van der Waals surface area contributed by atoms with Crippen molar-refractivity contribution >= 4 is 5.97 Å². The number of halogens is 1. The average Bonchev–Trinajstić information content (AvgIpc) is 2.47. The molecule has 5 heteroatoms. The molecular weight excluding hydrogens is 273 g/mol. The van der Waals surface area contributed by atoms with Gasteiger partial charge < -0.3 is 9.72 Å². The number of nitrogens with one attached hydrogen (secondary N) is 1. The molecule has 0 radical (unpaired) electrons. The molecule has 110 valence electrons. The van der Waals surface area contributed by atoms with Crippen molar-refractivity contribution in [3.05, 3.63) is 57.8 Å². The maximum atomic E-state index is 13.1. The molecule has 1 aromatic heterocycles. The zero-order chi connectivity index (χ0) is 15.6. The van der Waals surface area contributed by atoms with Crippen molar-refractivity contribution in [3.63, 3.8) is 0 Å². The number of ether oxygens (including phenoxy) is 1. The Hall–Kier alpha value is -2.43. The molecule has 0 aliphatic carbocycles. The van der Waals surface area contributed by atoms with Crippen LogP contribution >= 0.6 is 0 Å². The lowest BCUT2D eigenvalue weighted by molar-refractivity contribution is 0.0599. The monoisotopic (exact) mass is 289 g/mol. The zero-order valence-electron chi connectivity index (χ0n) is 12.1. The van der Waals surface area contributed by atoms with Crippen molar-refractivity contribution in [2.75, 3.05) is 7.11 Å². The van der Waals surface area contributed by atoms with Gasteiger partial charge in [0.2, 0.25) is 0 Å². The van der Waals surface area contributed by atoms with E-state index in [1.165, 1.54) is 37.6 Å². The summed E-state index contributed by atoms with van der Waals surface area (Å²) in [5.41, 5.74) is 1.17. The number of esters is 1. The van der Waals surface area contributed by atoms with Gasteiger partial charge in [0.1, 0.15) is 5.82 Å². The number of aromatic amines is 1. The van der Waals surface area contributed by atoms with Crippen LogP contribution in [0, 0.1) is 5.82 Å². The summed E-state index contributed by atoms with van der Waals surface area (Å²) in [6.07, 6.45) is 1.52. The number of carbonyl (C=O) groups is 1. The van der Waals surface area contributed by atoms with E-state index in [1.807, 2.05) is 13.8 Å². The quantitative estimate of drug-likeness (QED) is 0.883. The van der Waals surface area contributed by atoms with E-state index in [0.717, 1.165) is 0 Å². The highest BCUT2D eigenvalue weighted by molar-refractivity contribution is 5.98. The molecule has 0 atom stereocenters. The topological polar surface area (TPSA) is 59.2 Å². The Morgan fingerprint density at radius 3 is 2.38 bits per heavy atom. The fourth-order valence-corrected chi connectivity index (χ4v) is 2.21. The first-order valence-electron chi connectivity index (χ1n) is 6.55. The van der Waals surface area contributed by atoms with E-state index in [4.69, 9.17) is 4.74 Å². The number of aromatic nitrogens is 1. The molecule has 1 heterocycles. The first-order chi connectivity index (χ1) is 9.95. The number of hydrogen-bond acceptors (Lipinski definition) is 3. The molecule has 0 unspecified atom stereocenters. The molecule has 0 aliphatic heterocycles. The molecule has 0 saturated carbocycles. The highest BCUT2D eigenvalue weighted by Gasteiger charge is 2.22. The largest absolute Gasteiger partial charge is 0.465 e. The van der Waals surface area contributed by atoms with Crippen LogP contribution in [0.5, 0.6) is 0 Å². The SMILES string of the molecule is COC(=O)c1c(C(C)C)c[nH]c(=O)c1-c1ccc(F)cc1. The van der Waals surface area contributed by atoms with Gasteiger partial charge in [-0.15, -0.1) is 0 Å². The second-order valence-electron chi connectivity index (χ2n) is 4.98. The molecule has 0 amide bonds. The van der Waals surface area contributed by atoms with Crippen molar-refractivity contribution in [1.29, 1.82) is 0 Å². The maximum Gasteiger partial charge on any atom is 0.339 e. The summed E-state index contributed by atoms with van der Waals surface area (Å²) in [7, 11) is 1.27. The van der Waals surface area contributed by atoms with E-state index in [9.17, 15) is 14.0 Å². The molecule has 0 saturated heterocycles. The van der Waals surface area contributed by atoms with Crippen molar-refractivity contribution in [3.8, 4) is 11.1 Å². The molecule has 0 bridgehead atoms. The number of methoxy groups -OCH3 is 1. The minimum absolute atomic E-state index is 0.0233. The number of hydrogen-bond donors (Lipinski definition) is 1. The minimum atomic E-state index is -0.580. The van der Waals surface area contributed by atoms with Crippen molar-refractivity contribution in [2.45, 2.75) is 19.8 Å². The van der Waals surface area contributed by atoms with Gasteiger partial charge in [-0.25, -0.2) is 9.18 Å². The Balaban J connectivity index is 2.79. The highest BCUT2D eigenvalue weighted by Crippen LogP contribution is 2.27. The van der Waals surface area contributed by atoms with E-state index in [1.54, 1.807) is 0 Å². The van der Waals surface area contributed by atoms with Crippen LogP contribution in [0.2, 0.25) is 0 Å². The van der Waals surface area contributed by atoms with Crippen LogP contribution in [0.15, 0.2) is 35.3 Å². The van der Waals surface area contributed by atoms with Gasteiger partial charge in [0.25, 0.3) is 5.56 Å². The third kappa shape index (κ3) is 2.86. The smallest absolute Gasteiger partial charge is 0.339 e. The van der Waals surface area contributed by atoms with Gasteiger partial charge >= 0.3 is 5.97 Å². The minimum Gasteiger partial charge on any atom is -0.465 e. The number of rotatable bonds is 3. The number of benzene rings is 1. The van der Waals surface area contributed by atoms with E-state index in [2.05, 4.69) is 4.98 Å². The lowest BCUT2D eigenvalue weighted by atomic mass is 9.92. The third-order valence-electron chi connectivity index (χ3n) is 3.27. The summed E-state index contributed by atoms with van der Waals surface area (Å²) in [5.74, 6) is -0.964. The predicted molar refractivity (Wildman–Crippen MR) is 77.9 cm³/mol. The Morgan fingerprint density at radius 2 is 1.86 bits per heavy atom. The lowest BCUT2D eigenvalue weighted by Crippen LogP contribution is -2.19. The summed E-state index contributed by atoms with van der Waals surface area (Å²) in [5, 5.41) is 0.